The number of unbranched alkanes of at least 4 members (excludes halogenated alkanes) is 1. The summed E-state index contributed by atoms with van der Waals surface area (Å²) in [6.45, 7) is 1.31. The monoisotopic (exact) mass is 411 g/mol. The molecule has 0 heterocycles. The Morgan fingerprint density at radius 3 is 2.26 bits per heavy atom. The van der Waals surface area contributed by atoms with Gasteiger partial charge in [-0.05, 0) is 43.2 Å². The summed E-state index contributed by atoms with van der Waals surface area (Å²) in [5, 5.41) is 5.78. The molecule has 0 saturated carbocycles. The van der Waals surface area contributed by atoms with Crippen LogP contribution in [-0.2, 0) is 0 Å². The number of halogens is 5. The van der Waals surface area contributed by atoms with E-state index < -0.39 is 0 Å². The molecule has 0 aliphatic heterocycles. The van der Waals surface area contributed by atoms with Crippen molar-refractivity contribution in [1.82, 2.24) is 0 Å². The molecule has 0 unspecified atom stereocenters. The standard InChI is InChI=1S/C16H14Cl5NO/c17-10-3-4-16(14(21)7-10)23-6-2-1-5-22-15-9-12(19)11(18)8-13(15)20/h3-4,7-9,22H,1-2,5-6H2. The third-order valence-corrected chi connectivity index (χ3v) is 4.61. The molecular formula is C16H14Cl5NO. The Hall–Kier alpha value is -0.510. The first-order valence-corrected chi connectivity index (χ1v) is 8.82. The number of nitrogens with one attached hydrogen (secondary N) is 1. The van der Waals surface area contributed by atoms with Crippen molar-refractivity contribution < 1.29 is 4.74 Å². The molecule has 0 radical (unpaired) electrons. The molecule has 1 N–H and O–H groups in total. The van der Waals surface area contributed by atoms with Gasteiger partial charge in [-0.2, -0.15) is 0 Å². The first-order valence-electron chi connectivity index (χ1n) is 6.93. The van der Waals surface area contributed by atoms with Crippen LogP contribution in [0.1, 0.15) is 12.8 Å². The van der Waals surface area contributed by atoms with Gasteiger partial charge in [-0.15, -0.1) is 0 Å². The van der Waals surface area contributed by atoms with Crippen molar-refractivity contribution in [2.75, 3.05) is 18.5 Å². The van der Waals surface area contributed by atoms with E-state index in [-0.39, 0.29) is 0 Å². The van der Waals surface area contributed by atoms with Crippen LogP contribution in [0.15, 0.2) is 30.3 Å². The molecule has 2 aromatic rings. The van der Waals surface area contributed by atoms with Crippen LogP contribution >= 0.6 is 58.0 Å². The Balaban J connectivity index is 1.71. The summed E-state index contributed by atoms with van der Waals surface area (Å²) in [5.41, 5.74) is 0.766. The van der Waals surface area contributed by atoms with Gasteiger partial charge in [-0.1, -0.05) is 58.0 Å². The van der Waals surface area contributed by atoms with Gasteiger partial charge in [0, 0.05) is 11.6 Å². The summed E-state index contributed by atoms with van der Waals surface area (Å²) < 4.78 is 5.62. The summed E-state index contributed by atoms with van der Waals surface area (Å²) in [6, 6.07) is 8.51. The molecule has 0 amide bonds. The SMILES string of the molecule is Clc1ccc(OCCCCNc2cc(Cl)c(Cl)cc2Cl)c(Cl)c1. The van der Waals surface area contributed by atoms with E-state index in [0.29, 0.717) is 37.5 Å². The summed E-state index contributed by atoms with van der Waals surface area (Å²) in [4.78, 5) is 0. The van der Waals surface area contributed by atoms with Crippen LogP contribution in [0, 0.1) is 0 Å². The number of ether oxygens (including phenoxy) is 1. The molecule has 0 atom stereocenters. The molecule has 2 rings (SSSR count). The molecule has 0 saturated heterocycles. The Morgan fingerprint density at radius 1 is 0.783 bits per heavy atom. The van der Waals surface area contributed by atoms with E-state index in [2.05, 4.69) is 5.32 Å². The van der Waals surface area contributed by atoms with Gasteiger partial charge >= 0.3 is 0 Å². The molecule has 23 heavy (non-hydrogen) atoms. The average molecular weight is 414 g/mol. The van der Waals surface area contributed by atoms with Gasteiger partial charge < -0.3 is 10.1 Å². The summed E-state index contributed by atoms with van der Waals surface area (Å²) in [5.74, 6) is 0.636. The first-order chi connectivity index (χ1) is 11.0. The zero-order valence-corrected chi connectivity index (χ0v) is 15.8. The molecule has 0 aliphatic carbocycles. The van der Waals surface area contributed by atoms with E-state index in [0.717, 1.165) is 25.1 Å². The van der Waals surface area contributed by atoms with Gasteiger partial charge in [0.05, 0.1) is 32.4 Å². The normalized spacial score (nSPS) is 10.7. The largest absolute Gasteiger partial charge is 0.492 e. The fourth-order valence-corrected chi connectivity index (χ4v) is 2.96. The van der Waals surface area contributed by atoms with Crippen LogP contribution in [0.3, 0.4) is 0 Å². The Morgan fingerprint density at radius 2 is 1.52 bits per heavy atom. The molecule has 2 nitrogen and oxygen atoms in total. The van der Waals surface area contributed by atoms with Crippen molar-refractivity contribution in [2.45, 2.75) is 12.8 Å². The highest BCUT2D eigenvalue weighted by molar-refractivity contribution is 6.44. The Bertz CT molecular complexity index is 678. The highest BCUT2D eigenvalue weighted by Gasteiger charge is 2.05. The molecule has 2 aromatic carbocycles. The number of anilines is 1. The minimum atomic E-state index is 0.440. The van der Waals surface area contributed by atoms with E-state index in [1.807, 2.05) is 0 Å². The highest BCUT2D eigenvalue weighted by Crippen LogP contribution is 2.32. The zero-order chi connectivity index (χ0) is 16.8. The van der Waals surface area contributed by atoms with Gasteiger partial charge in [0.15, 0.2) is 0 Å². The maximum atomic E-state index is 6.10. The van der Waals surface area contributed by atoms with Crippen LogP contribution in [-0.4, -0.2) is 13.2 Å². The van der Waals surface area contributed by atoms with Gasteiger partial charge in [0.2, 0.25) is 0 Å². The van der Waals surface area contributed by atoms with Gasteiger partial charge in [0.1, 0.15) is 5.75 Å². The summed E-state index contributed by atoms with van der Waals surface area (Å²) in [7, 11) is 0. The Kier molecular flexibility index (Phi) is 7.45. The van der Waals surface area contributed by atoms with E-state index in [1.165, 1.54) is 0 Å². The third-order valence-electron chi connectivity index (χ3n) is 3.05. The van der Waals surface area contributed by atoms with E-state index >= 15 is 0 Å². The van der Waals surface area contributed by atoms with Crippen molar-refractivity contribution in [3.05, 3.63) is 55.4 Å². The summed E-state index contributed by atoms with van der Waals surface area (Å²) >= 11 is 29.8. The molecule has 0 aromatic heterocycles. The highest BCUT2D eigenvalue weighted by atomic mass is 35.5. The topological polar surface area (TPSA) is 21.3 Å². The van der Waals surface area contributed by atoms with Crippen molar-refractivity contribution in [3.63, 3.8) is 0 Å². The van der Waals surface area contributed by atoms with Gasteiger partial charge in [-0.25, -0.2) is 0 Å². The molecular weight excluding hydrogens is 399 g/mol. The average Bonchev–Trinajstić information content (AvgIpc) is 2.49. The van der Waals surface area contributed by atoms with Crippen LogP contribution in [0.5, 0.6) is 5.75 Å². The molecule has 0 spiro atoms. The second-order valence-electron chi connectivity index (χ2n) is 4.80. The van der Waals surface area contributed by atoms with Gasteiger partial charge in [0.25, 0.3) is 0 Å². The predicted molar refractivity (Wildman–Crippen MR) is 101 cm³/mol. The lowest BCUT2D eigenvalue weighted by Gasteiger charge is -2.11. The summed E-state index contributed by atoms with van der Waals surface area (Å²) in [6.07, 6.45) is 1.77. The van der Waals surface area contributed by atoms with Crippen LogP contribution in [0.25, 0.3) is 0 Å². The van der Waals surface area contributed by atoms with Crippen LogP contribution < -0.4 is 10.1 Å². The van der Waals surface area contributed by atoms with Crippen molar-refractivity contribution in [3.8, 4) is 5.75 Å². The molecule has 7 heteroatoms. The maximum Gasteiger partial charge on any atom is 0.137 e. The van der Waals surface area contributed by atoms with E-state index in [1.54, 1.807) is 30.3 Å². The van der Waals surface area contributed by atoms with E-state index in [9.17, 15) is 0 Å². The van der Waals surface area contributed by atoms with Crippen LogP contribution in [0.4, 0.5) is 5.69 Å². The van der Waals surface area contributed by atoms with Crippen molar-refractivity contribution in [2.24, 2.45) is 0 Å². The number of benzene rings is 2. The number of rotatable bonds is 7. The second-order valence-corrected chi connectivity index (χ2v) is 6.87. The van der Waals surface area contributed by atoms with Crippen LogP contribution in [0.2, 0.25) is 25.1 Å². The number of hydrogen-bond acceptors (Lipinski definition) is 2. The Labute approximate surface area is 160 Å². The third kappa shape index (κ3) is 5.81. The smallest absolute Gasteiger partial charge is 0.137 e. The minimum absolute atomic E-state index is 0.440. The minimum Gasteiger partial charge on any atom is -0.492 e. The molecule has 0 bridgehead atoms. The van der Waals surface area contributed by atoms with Crippen molar-refractivity contribution in [1.29, 1.82) is 0 Å². The quantitative estimate of drug-likeness (QED) is 0.382. The molecule has 0 fully saturated rings. The fourth-order valence-electron chi connectivity index (χ4n) is 1.88. The first kappa shape index (κ1) is 18.8. The van der Waals surface area contributed by atoms with E-state index in [4.69, 9.17) is 62.7 Å². The van der Waals surface area contributed by atoms with Crippen molar-refractivity contribution >= 4 is 63.7 Å². The zero-order valence-electron chi connectivity index (χ0n) is 12.0. The maximum absolute atomic E-state index is 6.10. The molecule has 124 valence electrons. The number of hydrogen-bond donors (Lipinski definition) is 1. The lowest BCUT2D eigenvalue weighted by Crippen LogP contribution is -2.05. The molecule has 0 aliphatic rings. The lowest BCUT2D eigenvalue weighted by atomic mass is 10.3. The second kappa shape index (κ2) is 9.10. The lowest BCUT2D eigenvalue weighted by molar-refractivity contribution is 0.308. The predicted octanol–water partition coefficient (Wildman–Crippen LogP) is 7.22. The van der Waals surface area contributed by atoms with Gasteiger partial charge in [-0.3, -0.25) is 0 Å². The fraction of sp³-hybridized carbons (Fsp3) is 0.250.